The Morgan fingerprint density at radius 1 is 0.944 bits per heavy atom. The Bertz CT molecular complexity index is 545. The van der Waals surface area contributed by atoms with Crippen molar-refractivity contribution in [3.8, 4) is 0 Å². The first-order valence-electron chi connectivity index (χ1n) is 6.30. The maximum absolute atomic E-state index is 5.93. The number of rotatable bonds is 3. The molecular weight excluding hydrogens is 220 g/mol. The van der Waals surface area contributed by atoms with E-state index < -0.39 is 0 Å². The zero-order valence-corrected chi connectivity index (χ0v) is 11.2. The van der Waals surface area contributed by atoms with Gasteiger partial charge in [0, 0.05) is 17.1 Å². The van der Waals surface area contributed by atoms with E-state index in [4.69, 9.17) is 5.73 Å². The summed E-state index contributed by atoms with van der Waals surface area (Å²) < 4.78 is 0. The molecule has 94 valence electrons. The lowest BCUT2D eigenvalue weighted by molar-refractivity contribution is 0.869. The van der Waals surface area contributed by atoms with E-state index in [1.165, 1.54) is 5.56 Å². The van der Waals surface area contributed by atoms with Crippen LogP contribution in [-0.2, 0) is 0 Å². The number of benzene rings is 2. The molecule has 0 aliphatic carbocycles. The third kappa shape index (κ3) is 2.48. The van der Waals surface area contributed by atoms with Gasteiger partial charge in [0.2, 0.25) is 0 Å². The van der Waals surface area contributed by atoms with Crippen LogP contribution in [0.1, 0.15) is 30.9 Å². The van der Waals surface area contributed by atoms with E-state index in [1.807, 2.05) is 19.1 Å². The first-order valence-corrected chi connectivity index (χ1v) is 6.30. The van der Waals surface area contributed by atoms with Gasteiger partial charge in [0.25, 0.3) is 0 Å². The van der Waals surface area contributed by atoms with Crippen LogP contribution in [-0.4, -0.2) is 0 Å². The van der Waals surface area contributed by atoms with E-state index in [9.17, 15) is 0 Å². The summed E-state index contributed by atoms with van der Waals surface area (Å²) in [6, 6.07) is 14.4. The fraction of sp³-hybridized carbons (Fsp3) is 0.250. The maximum Gasteiger partial charge on any atom is 0.0434 e. The SMILES string of the molecule is Cc1c(N)cccc1Nc1ccccc1C(C)C. The highest BCUT2D eigenvalue weighted by molar-refractivity contribution is 5.71. The Balaban J connectivity index is 2.37. The standard InChI is InChI=1S/C16H20N2/c1-11(2)13-7-4-5-9-16(13)18-15-10-6-8-14(17)12(15)3/h4-11,18H,17H2,1-3H3. The second-order valence-corrected chi connectivity index (χ2v) is 4.89. The van der Waals surface area contributed by atoms with Gasteiger partial charge in [-0.25, -0.2) is 0 Å². The molecule has 0 atom stereocenters. The molecule has 0 amide bonds. The summed E-state index contributed by atoms with van der Waals surface area (Å²) in [5.74, 6) is 0.495. The topological polar surface area (TPSA) is 38.0 Å². The van der Waals surface area contributed by atoms with Crippen LogP contribution in [0.4, 0.5) is 17.1 Å². The minimum absolute atomic E-state index is 0.495. The molecular formula is C16H20N2. The number of nitrogens with one attached hydrogen (secondary N) is 1. The Morgan fingerprint density at radius 3 is 2.33 bits per heavy atom. The third-order valence-corrected chi connectivity index (χ3v) is 3.23. The van der Waals surface area contributed by atoms with Crippen molar-refractivity contribution >= 4 is 17.1 Å². The van der Waals surface area contributed by atoms with Crippen molar-refractivity contribution in [3.63, 3.8) is 0 Å². The molecule has 0 aliphatic rings. The van der Waals surface area contributed by atoms with Gasteiger partial charge in [0.15, 0.2) is 0 Å². The molecule has 0 heterocycles. The highest BCUT2D eigenvalue weighted by Gasteiger charge is 2.07. The average molecular weight is 240 g/mol. The predicted octanol–water partition coefficient (Wildman–Crippen LogP) is 4.44. The van der Waals surface area contributed by atoms with E-state index in [1.54, 1.807) is 0 Å². The molecule has 3 N–H and O–H groups in total. The van der Waals surface area contributed by atoms with Gasteiger partial charge in [-0.3, -0.25) is 0 Å². The van der Waals surface area contributed by atoms with Gasteiger partial charge in [0.05, 0.1) is 0 Å². The number of para-hydroxylation sites is 1. The van der Waals surface area contributed by atoms with Crippen molar-refractivity contribution in [2.45, 2.75) is 26.7 Å². The van der Waals surface area contributed by atoms with Gasteiger partial charge in [-0.05, 0) is 42.2 Å². The largest absolute Gasteiger partial charge is 0.398 e. The molecule has 0 saturated carbocycles. The van der Waals surface area contributed by atoms with E-state index in [0.717, 1.165) is 22.6 Å². The number of hydrogen-bond acceptors (Lipinski definition) is 2. The fourth-order valence-electron chi connectivity index (χ4n) is 2.05. The van der Waals surface area contributed by atoms with Crippen LogP contribution in [0.15, 0.2) is 42.5 Å². The summed E-state index contributed by atoms with van der Waals surface area (Å²) in [7, 11) is 0. The quantitative estimate of drug-likeness (QED) is 0.778. The van der Waals surface area contributed by atoms with Crippen LogP contribution in [0, 0.1) is 6.92 Å². The van der Waals surface area contributed by atoms with E-state index in [-0.39, 0.29) is 0 Å². The van der Waals surface area contributed by atoms with Gasteiger partial charge in [-0.15, -0.1) is 0 Å². The van der Waals surface area contributed by atoms with Crippen LogP contribution < -0.4 is 11.1 Å². The molecule has 2 aromatic carbocycles. The van der Waals surface area contributed by atoms with Crippen molar-refractivity contribution < 1.29 is 0 Å². The Morgan fingerprint density at radius 2 is 1.61 bits per heavy atom. The summed E-state index contributed by atoms with van der Waals surface area (Å²) in [5.41, 5.74) is 11.4. The van der Waals surface area contributed by atoms with Crippen molar-refractivity contribution in [1.29, 1.82) is 0 Å². The highest BCUT2D eigenvalue weighted by atomic mass is 14.9. The average Bonchev–Trinajstić information content (AvgIpc) is 2.35. The summed E-state index contributed by atoms with van der Waals surface area (Å²) in [6.07, 6.45) is 0. The highest BCUT2D eigenvalue weighted by Crippen LogP contribution is 2.29. The molecule has 0 saturated heterocycles. The van der Waals surface area contributed by atoms with Gasteiger partial charge < -0.3 is 11.1 Å². The number of nitrogen functional groups attached to an aromatic ring is 1. The Kier molecular flexibility index (Phi) is 3.56. The van der Waals surface area contributed by atoms with Gasteiger partial charge in [0.1, 0.15) is 0 Å². The molecule has 0 aromatic heterocycles. The molecule has 0 spiro atoms. The zero-order chi connectivity index (χ0) is 13.1. The minimum Gasteiger partial charge on any atom is -0.398 e. The van der Waals surface area contributed by atoms with Crippen LogP contribution in [0.5, 0.6) is 0 Å². The maximum atomic E-state index is 5.93. The van der Waals surface area contributed by atoms with Crippen LogP contribution in [0.2, 0.25) is 0 Å². The monoisotopic (exact) mass is 240 g/mol. The number of nitrogens with two attached hydrogens (primary N) is 1. The Labute approximate surface area is 109 Å². The summed E-state index contributed by atoms with van der Waals surface area (Å²) in [6.45, 7) is 6.44. The van der Waals surface area contributed by atoms with E-state index in [0.29, 0.717) is 5.92 Å². The van der Waals surface area contributed by atoms with Crippen molar-refractivity contribution in [2.24, 2.45) is 0 Å². The van der Waals surface area contributed by atoms with Gasteiger partial charge >= 0.3 is 0 Å². The normalized spacial score (nSPS) is 10.7. The fourth-order valence-corrected chi connectivity index (χ4v) is 2.05. The lowest BCUT2D eigenvalue weighted by Gasteiger charge is -2.16. The molecule has 0 bridgehead atoms. The van der Waals surface area contributed by atoms with E-state index in [2.05, 4.69) is 49.5 Å². The van der Waals surface area contributed by atoms with Crippen LogP contribution in [0.25, 0.3) is 0 Å². The van der Waals surface area contributed by atoms with Crippen LogP contribution in [0.3, 0.4) is 0 Å². The second-order valence-electron chi connectivity index (χ2n) is 4.89. The van der Waals surface area contributed by atoms with Gasteiger partial charge in [-0.2, -0.15) is 0 Å². The molecule has 0 unspecified atom stereocenters. The summed E-state index contributed by atoms with van der Waals surface area (Å²) in [4.78, 5) is 0. The minimum atomic E-state index is 0.495. The predicted molar refractivity (Wildman–Crippen MR) is 79.4 cm³/mol. The zero-order valence-electron chi connectivity index (χ0n) is 11.2. The van der Waals surface area contributed by atoms with Crippen molar-refractivity contribution in [2.75, 3.05) is 11.1 Å². The molecule has 18 heavy (non-hydrogen) atoms. The summed E-state index contributed by atoms with van der Waals surface area (Å²) >= 11 is 0. The molecule has 2 nitrogen and oxygen atoms in total. The first kappa shape index (κ1) is 12.5. The first-order chi connectivity index (χ1) is 8.59. The molecule has 2 heteroatoms. The second kappa shape index (κ2) is 5.13. The molecule has 0 aliphatic heterocycles. The third-order valence-electron chi connectivity index (χ3n) is 3.23. The van der Waals surface area contributed by atoms with Gasteiger partial charge in [-0.1, -0.05) is 38.1 Å². The molecule has 2 rings (SSSR count). The van der Waals surface area contributed by atoms with Crippen molar-refractivity contribution in [1.82, 2.24) is 0 Å². The van der Waals surface area contributed by atoms with Crippen molar-refractivity contribution in [3.05, 3.63) is 53.6 Å². The van der Waals surface area contributed by atoms with Crippen LogP contribution >= 0.6 is 0 Å². The molecule has 0 fully saturated rings. The Hall–Kier alpha value is -1.96. The lowest BCUT2D eigenvalue weighted by atomic mass is 10.0. The number of anilines is 3. The molecule has 0 radical (unpaired) electrons. The molecule has 2 aromatic rings. The number of hydrogen-bond donors (Lipinski definition) is 2. The smallest absolute Gasteiger partial charge is 0.0434 e. The van der Waals surface area contributed by atoms with E-state index >= 15 is 0 Å². The summed E-state index contributed by atoms with van der Waals surface area (Å²) in [5, 5.41) is 3.48. The lowest BCUT2D eigenvalue weighted by Crippen LogP contribution is -2.00.